The van der Waals surface area contributed by atoms with Gasteiger partial charge in [-0.25, -0.2) is 8.42 Å². The van der Waals surface area contributed by atoms with Crippen LogP contribution in [0.5, 0.6) is 0 Å². The summed E-state index contributed by atoms with van der Waals surface area (Å²) in [6, 6.07) is 18.6. The van der Waals surface area contributed by atoms with Crippen molar-refractivity contribution in [2.75, 3.05) is 6.61 Å². The van der Waals surface area contributed by atoms with Crippen molar-refractivity contribution in [2.45, 2.75) is 43.7 Å². The van der Waals surface area contributed by atoms with Gasteiger partial charge in [-0.2, -0.15) is 4.72 Å². The minimum absolute atomic E-state index is 0.134. The number of nitrogens with one attached hydrogen (secondary N) is 3. The molecule has 0 unspecified atom stereocenters. The van der Waals surface area contributed by atoms with E-state index in [1.807, 2.05) is 62.5 Å². The minimum Gasteiger partial charge on any atom is -0.394 e. The molecule has 8 heteroatoms. The molecular formula is C27H31N3O4S. The fourth-order valence-electron chi connectivity index (χ4n) is 4.34. The fraction of sp³-hybridized carbons (Fsp3) is 0.296. The normalized spacial score (nSPS) is 14.6. The van der Waals surface area contributed by atoms with Crippen molar-refractivity contribution in [3.63, 3.8) is 0 Å². The molecule has 0 radical (unpaired) electrons. The van der Waals surface area contributed by atoms with E-state index < -0.39 is 28.0 Å². The van der Waals surface area contributed by atoms with Crippen LogP contribution in [0.25, 0.3) is 21.7 Å². The summed E-state index contributed by atoms with van der Waals surface area (Å²) >= 11 is 0. The van der Waals surface area contributed by atoms with Crippen molar-refractivity contribution in [3.8, 4) is 0 Å². The maximum absolute atomic E-state index is 13.4. The average molecular weight is 494 g/mol. The first-order valence-corrected chi connectivity index (χ1v) is 13.3. The van der Waals surface area contributed by atoms with E-state index in [1.54, 1.807) is 24.3 Å². The van der Waals surface area contributed by atoms with E-state index >= 15 is 0 Å². The Morgan fingerprint density at radius 2 is 1.69 bits per heavy atom. The maximum Gasteiger partial charge on any atom is 0.241 e. The van der Waals surface area contributed by atoms with Crippen LogP contribution < -0.4 is 10.0 Å². The summed E-state index contributed by atoms with van der Waals surface area (Å²) in [7, 11) is -3.99. The molecule has 1 amide bonds. The fourth-order valence-corrected chi connectivity index (χ4v) is 5.88. The molecule has 0 aliphatic rings. The summed E-state index contributed by atoms with van der Waals surface area (Å²) in [5.41, 5.74) is 1.95. The summed E-state index contributed by atoms with van der Waals surface area (Å²) in [4.78, 5) is 16.7. The number of carbonyl (C=O) groups is 1. The maximum atomic E-state index is 13.4. The summed E-state index contributed by atoms with van der Waals surface area (Å²) < 4.78 is 29.4. The Morgan fingerprint density at radius 1 is 1.00 bits per heavy atom. The number of aliphatic hydroxyl groups is 1. The quantitative estimate of drug-likeness (QED) is 0.270. The predicted molar refractivity (Wildman–Crippen MR) is 139 cm³/mol. The molecule has 0 saturated heterocycles. The Kier molecular flexibility index (Phi) is 7.54. The van der Waals surface area contributed by atoms with Gasteiger partial charge in [0.15, 0.2) is 0 Å². The molecule has 35 heavy (non-hydrogen) atoms. The molecule has 1 aromatic heterocycles. The third-order valence-corrected chi connectivity index (χ3v) is 8.02. The van der Waals surface area contributed by atoms with Crippen molar-refractivity contribution in [1.29, 1.82) is 0 Å². The highest BCUT2D eigenvalue weighted by atomic mass is 32.2. The largest absolute Gasteiger partial charge is 0.394 e. The third kappa shape index (κ3) is 5.40. The number of sulfonamides is 1. The Hall–Kier alpha value is -3.20. The van der Waals surface area contributed by atoms with Crippen LogP contribution in [0.2, 0.25) is 0 Å². The van der Waals surface area contributed by atoms with Crippen LogP contribution in [0.3, 0.4) is 0 Å². The molecule has 0 saturated carbocycles. The molecule has 0 fully saturated rings. The van der Waals surface area contributed by atoms with Gasteiger partial charge in [0.1, 0.15) is 6.04 Å². The molecule has 0 spiro atoms. The van der Waals surface area contributed by atoms with E-state index in [9.17, 15) is 18.3 Å². The number of amides is 1. The van der Waals surface area contributed by atoms with Gasteiger partial charge in [0.25, 0.3) is 0 Å². The molecule has 4 aromatic rings. The van der Waals surface area contributed by atoms with Crippen molar-refractivity contribution in [2.24, 2.45) is 5.92 Å². The topological polar surface area (TPSA) is 111 Å². The van der Waals surface area contributed by atoms with Gasteiger partial charge in [0, 0.05) is 22.5 Å². The summed E-state index contributed by atoms with van der Waals surface area (Å²) in [6.07, 6.45) is 2.88. The molecule has 1 heterocycles. The van der Waals surface area contributed by atoms with Crippen LogP contribution in [-0.2, 0) is 21.2 Å². The van der Waals surface area contributed by atoms with Crippen molar-refractivity contribution in [3.05, 3.63) is 78.5 Å². The lowest BCUT2D eigenvalue weighted by Crippen LogP contribution is -2.53. The molecule has 0 aliphatic heterocycles. The highest BCUT2D eigenvalue weighted by Gasteiger charge is 2.31. The van der Waals surface area contributed by atoms with Gasteiger partial charge >= 0.3 is 0 Å². The highest BCUT2D eigenvalue weighted by Crippen LogP contribution is 2.24. The van der Waals surface area contributed by atoms with Crippen LogP contribution in [0.15, 0.2) is 77.8 Å². The number of benzene rings is 3. The highest BCUT2D eigenvalue weighted by molar-refractivity contribution is 7.89. The number of para-hydroxylation sites is 1. The lowest BCUT2D eigenvalue weighted by molar-refractivity contribution is -0.124. The number of fused-ring (bicyclic) bond motifs is 2. The number of rotatable bonds is 10. The molecule has 4 rings (SSSR count). The molecular weight excluding hydrogens is 462 g/mol. The number of hydrogen-bond acceptors (Lipinski definition) is 4. The zero-order chi connectivity index (χ0) is 25.0. The SMILES string of the molecule is CC[C@H](C)[C@H](NS(=O)(=O)c1cccc2ccccc12)C(=O)N[C@@H](CO)Cc1c[nH]c2ccccc12. The standard InChI is InChI=1S/C27H31N3O4S/c1-3-18(2)26(30-35(33,34)25-14-8-10-19-9-4-5-12-23(19)25)27(32)29-21(17-31)15-20-16-28-24-13-7-6-11-22(20)24/h4-14,16,18,21,26,28,30-31H,3,15,17H2,1-2H3,(H,29,32)/t18-,21+,26-/m0/s1. The number of aromatic nitrogens is 1. The first-order valence-electron chi connectivity index (χ1n) is 11.8. The molecule has 3 aromatic carbocycles. The first-order chi connectivity index (χ1) is 16.8. The lowest BCUT2D eigenvalue weighted by atomic mass is 9.98. The second-order valence-corrected chi connectivity index (χ2v) is 10.6. The van der Waals surface area contributed by atoms with Crippen LogP contribution in [0.1, 0.15) is 25.8 Å². The van der Waals surface area contributed by atoms with E-state index in [-0.39, 0.29) is 17.4 Å². The molecule has 4 N–H and O–H groups in total. The Labute approximate surface area is 205 Å². The van der Waals surface area contributed by atoms with Crippen molar-refractivity contribution >= 4 is 37.6 Å². The van der Waals surface area contributed by atoms with Gasteiger partial charge in [0.2, 0.25) is 15.9 Å². The first kappa shape index (κ1) is 24.9. The minimum atomic E-state index is -3.99. The van der Waals surface area contributed by atoms with E-state index in [4.69, 9.17) is 0 Å². The molecule has 7 nitrogen and oxygen atoms in total. The van der Waals surface area contributed by atoms with Crippen LogP contribution in [-0.4, -0.2) is 43.1 Å². The number of aliphatic hydroxyl groups excluding tert-OH is 1. The van der Waals surface area contributed by atoms with Gasteiger partial charge in [-0.3, -0.25) is 4.79 Å². The Bertz CT molecular complexity index is 1430. The van der Waals surface area contributed by atoms with Gasteiger partial charge in [-0.15, -0.1) is 0 Å². The van der Waals surface area contributed by atoms with Crippen LogP contribution in [0.4, 0.5) is 0 Å². The smallest absolute Gasteiger partial charge is 0.241 e. The van der Waals surface area contributed by atoms with E-state index in [0.29, 0.717) is 18.2 Å². The van der Waals surface area contributed by atoms with E-state index in [1.165, 1.54) is 0 Å². The predicted octanol–water partition coefficient (Wildman–Crippen LogP) is 3.73. The summed E-state index contributed by atoms with van der Waals surface area (Å²) in [5.74, 6) is -0.714. The molecule has 3 atom stereocenters. The zero-order valence-electron chi connectivity index (χ0n) is 19.9. The van der Waals surface area contributed by atoms with Gasteiger partial charge in [-0.1, -0.05) is 74.9 Å². The summed E-state index contributed by atoms with van der Waals surface area (Å²) in [6.45, 7) is 3.48. The van der Waals surface area contributed by atoms with Gasteiger partial charge in [0.05, 0.1) is 17.5 Å². The molecule has 184 valence electrons. The van der Waals surface area contributed by atoms with E-state index in [0.717, 1.165) is 21.9 Å². The van der Waals surface area contributed by atoms with E-state index in [2.05, 4.69) is 15.0 Å². The Balaban J connectivity index is 1.56. The van der Waals surface area contributed by atoms with Crippen LogP contribution >= 0.6 is 0 Å². The molecule has 0 aliphatic carbocycles. The average Bonchev–Trinajstić information content (AvgIpc) is 3.28. The number of hydrogen-bond donors (Lipinski definition) is 4. The van der Waals surface area contributed by atoms with Gasteiger partial charge in [-0.05, 0) is 35.4 Å². The van der Waals surface area contributed by atoms with Crippen molar-refractivity contribution in [1.82, 2.24) is 15.0 Å². The third-order valence-electron chi connectivity index (χ3n) is 6.52. The lowest BCUT2D eigenvalue weighted by Gasteiger charge is -2.26. The van der Waals surface area contributed by atoms with Gasteiger partial charge < -0.3 is 15.4 Å². The number of carbonyl (C=O) groups excluding carboxylic acids is 1. The molecule has 0 bridgehead atoms. The number of aromatic amines is 1. The second-order valence-electron chi connectivity index (χ2n) is 8.91. The Morgan fingerprint density at radius 3 is 2.43 bits per heavy atom. The number of H-pyrrole nitrogens is 1. The monoisotopic (exact) mass is 493 g/mol. The van der Waals surface area contributed by atoms with Crippen molar-refractivity contribution < 1.29 is 18.3 Å². The summed E-state index contributed by atoms with van der Waals surface area (Å²) in [5, 5.41) is 15.3. The second kappa shape index (κ2) is 10.6. The van der Waals surface area contributed by atoms with Crippen LogP contribution in [0, 0.1) is 5.92 Å². The zero-order valence-corrected chi connectivity index (χ0v) is 20.7.